The zero-order chi connectivity index (χ0) is 17.9. The standard InChI is InChI=1S/C18H16FN5O2/c19-15-4-1-13(2-5-15)16-10-23(7-8-26-16)18(25)14-3-6-17(20-9-14)24-11-21-22-12-24/h1-6,9,11-12,16H,7-8,10H2/t16-/m0/s1. The van der Waals surface area contributed by atoms with E-state index in [1.165, 1.54) is 12.1 Å². The van der Waals surface area contributed by atoms with Gasteiger partial charge >= 0.3 is 0 Å². The number of carbonyl (C=O) groups excluding carboxylic acids is 1. The quantitative estimate of drug-likeness (QED) is 0.720. The zero-order valence-corrected chi connectivity index (χ0v) is 13.8. The van der Waals surface area contributed by atoms with Gasteiger partial charge in [-0.3, -0.25) is 9.36 Å². The van der Waals surface area contributed by atoms with Crippen molar-refractivity contribution in [1.82, 2.24) is 24.6 Å². The molecule has 1 aliphatic heterocycles. The van der Waals surface area contributed by atoms with Gasteiger partial charge in [-0.2, -0.15) is 0 Å². The van der Waals surface area contributed by atoms with Crippen molar-refractivity contribution >= 4 is 5.91 Å². The fourth-order valence-corrected chi connectivity index (χ4v) is 2.88. The van der Waals surface area contributed by atoms with Crippen LogP contribution in [0, 0.1) is 5.82 Å². The number of ether oxygens (including phenoxy) is 1. The van der Waals surface area contributed by atoms with Crippen LogP contribution in [0.25, 0.3) is 5.82 Å². The molecule has 1 aromatic carbocycles. The second-order valence-electron chi connectivity index (χ2n) is 5.94. The Morgan fingerprint density at radius 3 is 2.58 bits per heavy atom. The van der Waals surface area contributed by atoms with E-state index in [-0.39, 0.29) is 17.8 Å². The number of nitrogens with zero attached hydrogens (tertiary/aromatic N) is 5. The van der Waals surface area contributed by atoms with Crippen LogP contribution in [0.2, 0.25) is 0 Å². The highest BCUT2D eigenvalue weighted by Crippen LogP contribution is 2.23. The molecule has 132 valence electrons. The Morgan fingerprint density at radius 2 is 1.88 bits per heavy atom. The number of pyridine rings is 1. The Bertz CT molecular complexity index is 881. The minimum absolute atomic E-state index is 0.108. The molecule has 1 saturated heterocycles. The van der Waals surface area contributed by atoms with Crippen molar-refractivity contribution in [2.24, 2.45) is 0 Å². The van der Waals surface area contributed by atoms with Crippen LogP contribution in [0.1, 0.15) is 22.0 Å². The number of benzene rings is 1. The van der Waals surface area contributed by atoms with Crippen molar-refractivity contribution in [2.45, 2.75) is 6.10 Å². The molecule has 0 unspecified atom stereocenters. The van der Waals surface area contributed by atoms with Gasteiger partial charge in [0.25, 0.3) is 5.91 Å². The average Bonchev–Trinajstić information content (AvgIpc) is 3.23. The van der Waals surface area contributed by atoms with E-state index in [1.54, 1.807) is 52.6 Å². The maximum atomic E-state index is 13.1. The summed E-state index contributed by atoms with van der Waals surface area (Å²) in [5.74, 6) is 0.234. The van der Waals surface area contributed by atoms with Crippen LogP contribution in [0.5, 0.6) is 0 Å². The molecule has 1 fully saturated rings. The van der Waals surface area contributed by atoms with Crippen molar-refractivity contribution in [3.8, 4) is 5.82 Å². The molecule has 3 heterocycles. The Morgan fingerprint density at radius 1 is 1.12 bits per heavy atom. The Labute approximate surface area is 149 Å². The first-order valence-electron chi connectivity index (χ1n) is 8.18. The van der Waals surface area contributed by atoms with Gasteiger partial charge in [-0.25, -0.2) is 9.37 Å². The van der Waals surface area contributed by atoms with Gasteiger partial charge in [-0.1, -0.05) is 12.1 Å². The fourth-order valence-electron chi connectivity index (χ4n) is 2.88. The van der Waals surface area contributed by atoms with Crippen LogP contribution in [0.4, 0.5) is 4.39 Å². The molecule has 0 bridgehead atoms. The molecular weight excluding hydrogens is 337 g/mol. The first-order chi connectivity index (χ1) is 12.7. The molecule has 1 aliphatic rings. The maximum absolute atomic E-state index is 13.1. The second-order valence-corrected chi connectivity index (χ2v) is 5.94. The van der Waals surface area contributed by atoms with E-state index in [0.717, 1.165) is 5.56 Å². The monoisotopic (exact) mass is 353 g/mol. The zero-order valence-electron chi connectivity index (χ0n) is 13.8. The predicted octanol–water partition coefficient (Wildman–Crippen LogP) is 2.02. The molecule has 7 nitrogen and oxygen atoms in total. The SMILES string of the molecule is O=C(c1ccc(-n2cnnc2)nc1)N1CCO[C@H](c2ccc(F)cc2)C1. The summed E-state index contributed by atoms with van der Waals surface area (Å²) in [5, 5.41) is 7.47. The van der Waals surface area contributed by atoms with Crippen molar-refractivity contribution in [3.63, 3.8) is 0 Å². The van der Waals surface area contributed by atoms with Gasteiger partial charge in [0.05, 0.1) is 18.7 Å². The molecule has 1 amide bonds. The maximum Gasteiger partial charge on any atom is 0.255 e. The third-order valence-electron chi connectivity index (χ3n) is 4.27. The Kier molecular flexibility index (Phi) is 4.40. The Balaban J connectivity index is 1.48. The summed E-state index contributed by atoms with van der Waals surface area (Å²) < 4.78 is 20.5. The fraction of sp³-hybridized carbons (Fsp3) is 0.222. The van der Waals surface area contributed by atoms with Crippen molar-refractivity contribution in [2.75, 3.05) is 19.7 Å². The van der Waals surface area contributed by atoms with E-state index in [0.29, 0.717) is 31.1 Å². The lowest BCUT2D eigenvalue weighted by molar-refractivity contribution is -0.0228. The number of amides is 1. The summed E-state index contributed by atoms with van der Waals surface area (Å²) in [5.41, 5.74) is 1.35. The summed E-state index contributed by atoms with van der Waals surface area (Å²) in [4.78, 5) is 18.8. The minimum atomic E-state index is -0.295. The highest BCUT2D eigenvalue weighted by molar-refractivity contribution is 5.94. The van der Waals surface area contributed by atoms with Crippen LogP contribution in [-0.4, -0.2) is 50.3 Å². The van der Waals surface area contributed by atoms with Crippen molar-refractivity contribution < 1.29 is 13.9 Å². The summed E-state index contributed by atoms with van der Waals surface area (Å²) in [6.45, 7) is 1.35. The minimum Gasteiger partial charge on any atom is -0.370 e. The van der Waals surface area contributed by atoms with Gasteiger partial charge < -0.3 is 9.64 Å². The van der Waals surface area contributed by atoms with E-state index >= 15 is 0 Å². The third kappa shape index (κ3) is 3.31. The topological polar surface area (TPSA) is 73.1 Å². The lowest BCUT2D eigenvalue weighted by Crippen LogP contribution is -2.42. The van der Waals surface area contributed by atoms with E-state index in [1.807, 2.05) is 0 Å². The summed E-state index contributed by atoms with van der Waals surface area (Å²) in [6, 6.07) is 9.63. The van der Waals surface area contributed by atoms with Crippen LogP contribution < -0.4 is 0 Å². The van der Waals surface area contributed by atoms with Crippen molar-refractivity contribution in [3.05, 3.63) is 72.2 Å². The lowest BCUT2D eigenvalue weighted by atomic mass is 10.1. The van der Waals surface area contributed by atoms with Gasteiger partial charge in [0.1, 0.15) is 30.4 Å². The van der Waals surface area contributed by atoms with Gasteiger partial charge in [-0.15, -0.1) is 10.2 Å². The largest absolute Gasteiger partial charge is 0.370 e. The number of rotatable bonds is 3. The number of carbonyl (C=O) groups is 1. The summed E-state index contributed by atoms with van der Waals surface area (Å²) in [6.07, 6.45) is 4.36. The lowest BCUT2D eigenvalue weighted by Gasteiger charge is -2.33. The molecule has 0 N–H and O–H groups in total. The van der Waals surface area contributed by atoms with Crippen LogP contribution in [-0.2, 0) is 4.74 Å². The molecule has 3 aromatic rings. The van der Waals surface area contributed by atoms with Crippen LogP contribution in [0.3, 0.4) is 0 Å². The normalized spacial score (nSPS) is 17.3. The molecule has 0 saturated carbocycles. The highest BCUT2D eigenvalue weighted by atomic mass is 19.1. The predicted molar refractivity (Wildman–Crippen MR) is 90.2 cm³/mol. The average molecular weight is 353 g/mol. The third-order valence-corrected chi connectivity index (χ3v) is 4.27. The molecule has 8 heteroatoms. The van der Waals surface area contributed by atoms with Gasteiger partial charge in [0.2, 0.25) is 0 Å². The molecule has 26 heavy (non-hydrogen) atoms. The van der Waals surface area contributed by atoms with Gasteiger partial charge in [-0.05, 0) is 29.8 Å². The number of hydrogen-bond donors (Lipinski definition) is 0. The molecule has 0 spiro atoms. The van der Waals surface area contributed by atoms with Crippen molar-refractivity contribution in [1.29, 1.82) is 0 Å². The first-order valence-corrected chi connectivity index (χ1v) is 8.18. The van der Waals surface area contributed by atoms with Gasteiger partial charge in [0.15, 0.2) is 0 Å². The number of aromatic nitrogens is 4. The Hall–Kier alpha value is -3.13. The van der Waals surface area contributed by atoms with Crippen LogP contribution in [0.15, 0.2) is 55.2 Å². The van der Waals surface area contributed by atoms with E-state index in [9.17, 15) is 9.18 Å². The highest BCUT2D eigenvalue weighted by Gasteiger charge is 2.26. The molecular formula is C18H16FN5O2. The molecule has 0 aliphatic carbocycles. The van der Waals surface area contributed by atoms with E-state index in [4.69, 9.17) is 4.74 Å². The molecule has 0 radical (unpaired) electrons. The van der Waals surface area contributed by atoms with E-state index in [2.05, 4.69) is 15.2 Å². The first kappa shape index (κ1) is 16.3. The van der Waals surface area contributed by atoms with Crippen LogP contribution >= 0.6 is 0 Å². The number of morpholine rings is 1. The molecule has 4 rings (SSSR count). The molecule has 2 aromatic heterocycles. The summed E-state index contributed by atoms with van der Waals surface area (Å²) >= 11 is 0. The number of halogens is 1. The summed E-state index contributed by atoms with van der Waals surface area (Å²) in [7, 11) is 0. The smallest absolute Gasteiger partial charge is 0.255 e. The molecule has 1 atom stereocenters. The van der Waals surface area contributed by atoms with E-state index < -0.39 is 0 Å². The second kappa shape index (κ2) is 7.01. The van der Waals surface area contributed by atoms with Gasteiger partial charge in [0, 0.05) is 12.7 Å². The number of hydrogen-bond acceptors (Lipinski definition) is 5.